The van der Waals surface area contributed by atoms with E-state index in [0.29, 0.717) is 29.6 Å². The molecular formula is C45H38. The van der Waals surface area contributed by atoms with E-state index in [0.717, 1.165) is 0 Å². The van der Waals surface area contributed by atoms with Gasteiger partial charge < -0.3 is 0 Å². The fourth-order valence-corrected chi connectivity index (χ4v) is 9.05. The number of benzene rings is 6. The molecule has 3 aliphatic carbocycles. The summed E-state index contributed by atoms with van der Waals surface area (Å²) in [6.45, 7) is 0. The molecule has 0 spiro atoms. The number of fused-ring (bicyclic) bond motifs is 4. The molecule has 0 aliphatic heterocycles. The molecule has 0 radical (unpaired) electrons. The highest BCUT2D eigenvalue weighted by molar-refractivity contribution is 5.98. The average Bonchev–Trinajstić information content (AvgIpc) is 3.65. The first-order valence-electron chi connectivity index (χ1n) is 16.9. The van der Waals surface area contributed by atoms with Crippen LogP contribution in [-0.4, -0.2) is 0 Å². The van der Waals surface area contributed by atoms with Crippen molar-refractivity contribution in [2.75, 3.05) is 0 Å². The Hall–Kier alpha value is -4.68. The molecule has 1 saturated carbocycles. The molecule has 0 aromatic heterocycles. The Bertz CT molecular complexity index is 2090. The van der Waals surface area contributed by atoms with Gasteiger partial charge in [0.25, 0.3) is 0 Å². The summed E-state index contributed by atoms with van der Waals surface area (Å²) in [4.78, 5) is 0. The Morgan fingerprint density at radius 3 is 1.76 bits per heavy atom. The van der Waals surface area contributed by atoms with E-state index >= 15 is 0 Å². The van der Waals surface area contributed by atoms with Gasteiger partial charge in [0, 0.05) is 11.8 Å². The molecule has 9 rings (SSSR count). The summed E-state index contributed by atoms with van der Waals surface area (Å²) in [6, 6.07) is 48.6. The van der Waals surface area contributed by atoms with Crippen LogP contribution >= 0.6 is 0 Å². The molecule has 6 aromatic rings. The summed E-state index contributed by atoms with van der Waals surface area (Å²) in [6.07, 6.45) is 14.8. The van der Waals surface area contributed by atoms with E-state index in [1.165, 1.54) is 80.6 Å². The first-order chi connectivity index (χ1) is 22.3. The molecule has 0 nitrogen and oxygen atoms in total. The van der Waals surface area contributed by atoms with Gasteiger partial charge in [-0.25, -0.2) is 0 Å². The topological polar surface area (TPSA) is 0 Å². The maximum atomic E-state index is 2.48. The number of rotatable bonds is 4. The third-order valence-electron chi connectivity index (χ3n) is 11.1. The minimum absolute atomic E-state index is 0.319. The van der Waals surface area contributed by atoms with Crippen molar-refractivity contribution < 1.29 is 0 Å². The summed E-state index contributed by atoms with van der Waals surface area (Å²) < 4.78 is 0. The summed E-state index contributed by atoms with van der Waals surface area (Å²) in [5.74, 6) is 2.13. The predicted octanol–water partition coefficient (Wildman–Crippen LogP) is 12.0. The third-order valence-corrected chi connectivity index (χ3v) is 11.1. The highest BCUT2D eigenvalue weighted by Gasteiger charge is 2.42. The van der Waals surface area contributed by atoms with Crippen molar-refractivity contribution in [1.29, 1.82) is 0 Å². The van der Waals surface area contributed by atoms with Crippen LogP contribution in [0.5, 0.6) is 0 Å². The minimum Gasteiger partial charge on any atom is -0.0799 e. The first-order valence-corrected chi connectivity index (χ1v) is 16.9. The molecule has 45 heavy (non-hydrogen) atoms. The van der Waals surface area contributed by atoms with Gasteiger partial charge in [-0.05, 0) is 91.1 Å². The van der Waals surface area contributed by atoms with Gasteiger partial charge in [-0.1, -0.05) is 165 Å². The van der Waals surface area contributed by atoms with Crippen LogP contribution in [0, 0.1) is 11.8 Å². The largest absolute Gasteiger partial charge is 0.0799 e. The zero-order chi connectivity index (χ0) is 29.7. The normalized spacial score (nSPS) is 22.5. The SMILES string of the molecule is C1=CC2C(c3ccc(-c4c(C5CCCC5)ccc5ccccc45)cc3)c3ccccc3C(c3ccc4ccccc4c3)C2C=C1. The monoisotopic (exact) mass is 578 g/mol. The molecule has 0 amide bonds. The van der Waals surface area contributed by atoms with Gasteiger partial charge in [0.05, 0.1) is 0 Å². The average molecular weight is 579 g/mol. The second-order valence-electron chi connectivity index (χ2n) is 13.5. The van der Waals surface area contributed by atoms with Crippen LogP contribution in [0.25, 0.3) is 32.7 Å². The standard InChI is InChI=1S/C45H38/c1-4-15-35-29-36(26-21-30(35)11-1)45-41-19-9-7-17-39(41)44(40-18-8-10-20-42(40)45)34-24-22-33(23-25-34)43-37-16-6-5-14-32(37)27-28-38(43)31-12-2-3-13-31/h1,4-11,14-29,31,39,41,44-45H,2-3,12-13H2. The van der Waals surface area contributed by atoms with Crippen molar-refractivity contribution >= 4 is 21.5 Å². The van der Waals surface area contributed by atoms with E-state index in [1.807, 2.05) is 0 Å². The van der Waals surface area contributed by atoms with Crippen molar-refractivity contribution in [2.45, 2.75) is 43.4 Å². The van der Waals surface area contributed by atoms with Crippen molar-refractivity contribution in [1.82, 2.24) is 0 Å². The molecule has 4 atom stereocenters. The van der Waals surface area contributed by atoms with Crippen molar-refractivity contribution in [3.63, 3.8) is 0 Å². The maximum Gasteiger partial charge on any atom is 0.0161 e. The highest BCUT2D eigenvalue weighted by Crippen LogP contribution is 2.54. The summed E-state index contributed by atoms with van der Waals surface area (Å²) >= 11 is 0. The van der Waals surface area contributed by atoms with E-state index in [-0.39, 0.29) is 0 Å². The molecular weight excluding hydrogens is 540 g/mol. The number of allylic oxidation sites excluding steroid dienone is 4. The summed E-state index contributed by atoms with van der Waals surface area (Å²) in [5.41, 5.74) is 10.1. The predicted molar refractivity (Wildman–Crippen MR) is 190 cm³/mol. The Labute approximate surface area is 266 Å². The molecule has 0 saturated heterocycles. The Kier molecular flexibility index (Phi) is 6.55. The van der Waals surface area contributed by atoms with Gasteiger partial charge in [0.2, 0.25) is 0 Å². The molecule has 0 bridgehead atoms. The fourth-order valence-electron chi connectivity index (χ4n) is 9.05. The summed E-state index contributed by atoms with van der Waals surface area (Å²) in [5, 5.41) is 5.35. The third kappa shape index (κ3) is 4.50. The van der Waals surface area contributed by atoms with Gasteiger partial charge in [-0.15, -0.1) is 0 Å². The van der Waals surface area contributed by atoms with Crippen LogP contribution in [-0.2, 0) is 0 Å². The smallest absolute Gasteiger partial charge is 0.0161 e. The highest BCUT2D eigenvalue weighted by atomic mass is 14.4. The Balaban J connectivity index is 1.16. The van der Waals surface area contributed by atoms with E-state index in [2.05, 4.69) is 152 Å². The van der Waals surface area contributed by atoms with E-state index in [9.17, 15) is 0 Å². The number of hydrogen-bond acceptors (Lipinski definition) is 0. The van der Waals surface area contributed by atoms with E-state index < -0.39 is 0 Å². The second-order valence-corrected chi connectivity index (χ2v) is 13.5. The minimum atomic E-state index is 0.319. The number of hydrogen-bond donors (Lipinski definition) is 0. The fraction of sp³-hybridized carbons (Fsp3) is 0.200. The van der Waals surface area contributed by atoms with Crippen molar-refractivity contribution in [3.05, 3.63) is 180 Å². The van der Waals surface area contributed by atoms with Crippen LogP contribution < -0.4 is 0 Å². The molecule has 6 aromatic carbocycles. The molecule has 3 aliphatic rings. The van der Waals surface area contributed by atoms with Crippen LogP contribution in [0.1, 0.15) is 71.3 Å². The lowest BCUT2D eigenvalue weighted by molar-refractivity contribution is 0.361. The van der Waals surface area contributed by atoms with Crippen LogP contribution in [0.3, 0.4) is 0 Å². The first kappa shape index (κ1) is 26.7. The lowest BCUT2D eigenvalue weighted by Crippen LogP contribution is -2.33. The van der Waals surface area contributed by atoms with Crippen molar-refractivity contribution in [2.24, 2.45) is 11.8 Å². The molecule has 1 fully saturated rings. The lowest BCUT2D eigenvalue weighted by atomic mass is 9.59. The Morgan fingerprint density at radius 1 is 0.444 bits per heavy atom. The van der Waals surface area contributed by atoms with E-state index in [4.69, 9.17) is 0 Å². The maximum absolute atomic E-state index is 2.48. The van der Waals surface area contributed by atoms with Gasteiger partial charge in [0.15, 0.2) is 0 Å². The zero-order valence-corrected chi connectivity index (χ0v) is 25.6. The quantitative estimate of drug-likeness (QED) is 0.195. The molecule has 0 N–H and O–H groups in total. The van der Waals surface area contributed by atoms with Crippen LogP contribution in [0.15, 0.2) is 152 Å². The van der Waals surface area contributed by atoms with Gasteiger partial charge >= 0.3 is 0 Å². The van der Waals surface area contributed by atoms with Crippen molar-refractivity contribution in [3.8, 4) is 11.1 Å². The van der Waals surface area contributed by atoms with E-state index in [1.54, 1.807) is 5.56 Å². The van der Waals surface area contributed by atoms with Crippen LogP contribution in [0.4, 0.5) is 0 Å². The van der Waals surface area contributed by atoms with Crippen LogP contribution in [0.2, 0.25) is 0 Å². The zero-order valence-electron chi connectivity index (χ0n) is 25.6. The van der Waals surface area contributed by atoms with Gasteiger partial charge in [-0.3, -0.25) is 0 Å². The Morgan fingerprint density at radius 2 is 1.02 bits per heavy atom. The molecule has 0 heteroatoms. The van der Waals surface area contributed by atoms with Gasteiger partial charge in [-0.2, -0.15) is 0 Å². The lowest BCUT2D eigenvalue weighted by Gasteiger charge is -2.44. The molecule has 0 heterocycles. The van der Waals surface area contributed by atoms with Gasteiger partial charge in [0.1, 0.15) is 0 Å². The molecule has 4 unspecified atom stereocenters. The summed E-state index contributed by atoms with van der Waals surface area (Å²) in [7, 11) is 0. The second kappa shape index (κ2) is 11.0. The molecule has 218 valence electrons.